The molecule has 0 amide bonds. The minimum atomic E-state index is -1.83. The number of hydrogen-bond donors (Lipinski definition) is 2. The van der Waals surface area contributed by atoms with Gasteiger partial charge in [-0.15, -0.1) is 0 Å². The molecular weight excluding hydrogens is 294 g/mol. The first-order valence-electron chi connectivity index (χ1n) is 5.81. The lowest BCUT2D eigenvalue weighted by molar-refractivity contribution is 0.137. The third-order valence-corrected chi connectivity index (χ3v) is 4.92. The Balaban J connectivity index is 0.000000444. The second-order valence-corrected chi connectivity index (χ2v) is 6.24. The molecule has 2 rings (SSSR count). The predicted octanol–water partition coefficient (Wildman–Crippen LogP) is 4.81. The lowest BCUT2D eigenvalue weighted by Crippen LogP contribution is -1.85. The molecule has 0 aliphatic carbocycles. The van der Waals surface area contributed by atoms with Crippen molar-refractivity contribution in [3.05, 3.63) is 60.3 Å². The zero-order chi connectivity index (χ0) is 14.8. The molecule has 0 saturated carbocycles. The van der Waals surface area contributed by atoms with Gasteiger partial charge in [-0.3, -0.25) is 0 Å². The Morgan fingerprint density at radius 2 is 1.70 bits per heavy atom. The molecule has 0 spiro atoms. The Labute approximate surface area is 125 Å². The maximum Gasteiger partial charge on any atom is 0.503 e. The molecule has 0 fully saturated rings. The predicted molar refractivity (Wildman–Crippen MR) is 83.2 cm³/mol. The van der Waals surface area contributed by atoms with Crippen molar-refractivity contribution >= 4 is 27.7 Å². The number of carbonyl (C=O) groups is 1. The van der Waals surface area contributed by atoms with E-state index < -0.39 is 6.16 Å². The molecule has 0 bridgehead atoms. The first-order chi connectivity index (χ1) is 9.59. The van der Waals surface area contributed by atoms with E-state index in [1.807, 2.05) is 41.3 Å². The van der Waals surface area contributed by atoms with Gasteiger partial charge in [-0.2, -0.15) is 0 Å². The lowest BCUT2D eigenvalue weighted by Gasteiger charge is -2.09. The summed E-state index contributed by atoms with van der Waals surface area (Å²) in [6, 6.07) is 16.5. The summed E-state index contributed by atoms with van der Waals surface area (Å²) < 4.78 is 0. The highest BCUT2D eigenvalue weighted by Gasteiger charge is 2.06. The molecular formula is C14H15NO3S2. The Morgan fingerprint density at radius 1 is 1.10 bits per heavy atom. The Morgan fingerprint density at radius 3 is 2.25 bits per heavy atom. The summed E-state index contributed by atoms with van der Waals surface area (Å²) in [6.07, 6.45) is -0.00389. The number of rotatable bonds is 4. The van der Waals surface area contributed by atoms with Crippen molar-refractivity contribution in [2.24, 2.45) is 0 Å². The molecule has 2 aromatic rings. The molecule has 20 heavy (non-hydrogen) atoms. The van der Waals surface area contributed by atoms with E-state index in [1.165, 1.54) is 5.56 Å². The van der Waals surface area contributed by atoms with Gasteiger partial charge >= 0.3 is 6.16 Å². The van der Waals surface area contributed by atoms with E-state index in [-0.39, 0.29) is 0 Å². The van der Waals surface area contributed by atoms with Gasteiger partial charge in [0.25, 0.3) is 0 Å². The summed E-state index contributed by atoms with van der Waals surface area (Å²) in [5.74, 6) is 0. The zero-order valence-corrected chi connectivity index (χ0v) is 12.5. The molecule has 1 unspecified atom stereocenters. The third-order valence-electron chi connectivity index (χ3n) is 2.18. The van der Waals surface area contributed by atoms with E-state index in [0.717, 1.165) is 5.03 Å². The summed E-state index contributed by atoms with van der Waals surface area (Å²) in [5, 5.41) is 15.5. The molecule has 0 radical (unpaired) electrons. The fourth-order valence-corrected chi connectivity index (χ4v) is 3.40. The molecule has 106 valence electrons. The maximum absolute atomic E-state index is 8.56. The summed E-state index contributed by atoms with van der Waals surface area (Å²) >= 11 is 0. The Kier molecular flexibility index (Phi) is 7.60. The largest absolute Gasteiger partial charge is 0.503 e. The summed E-state index contributed by atoms with van der Waals surface area (Å²) in [4.78, 5) is 12.8. The molecule has 6 heteroatoms. The van der Waals surface area contributed by atoms with Gasteiger partial charge in [-0.1, -0.05) is 47.2 Å². The van der Waals surface area contributed by atoms with Crippen LogP contribution in [-0.4, -0.2) is 21.4 Å². The van der Waals surface area contributed by atoms with Crippen molar-refractivity contribution in [2.45, 2.75) is 17.2 Å². The fraction of sp³-hybridized carbons (Fsp3) is 0.143. The number of aromatic nitrogens is 1. The van der Waals surface area contributed by atoms with E-state index in [0.29, 0.717) is 5.25 Å². The van der Waals surface area contributed by atoms with Crippen molar-refractivity contribution in [3.8, 4) is 0 Å². The van der Waals surface area contributed by atoms with Crippen molar-refractivity contribution in [2.75, 3.05) is 0 Å². The standard InChI is InChI=1S/C13H13NS2.CH2O3/c1-11(12-7-3-2-4-8-12)15-16-13-9-5-6-10-14-13;2-1(3)4/h2-11H,1H3;(H2,2,3,4). The third kappa shape index (κ3) is 7.06. The van der Waals surface area contributed by atoms with Crippen LogP contribution in [0.3, 0.4) is 0 Å². The number of pyridine rings is 1. The van der Waals surface area contributed by atoms with Crippen LogP contribution in [0.5, 0.6) is 0 Å². The van der Waals surface area contributed by atoms with E-state index in [4.69, 9.17) is 15.0 Å². The van der Waals surface area contributed by atoms with Crippen LogP contribution in [0.15, 0.2) is 59.8 Å². The van der Waals surface area contributed by atoms with Gasteiger partial charge in [0.1, 0.15) is 5.03 Å². The van der Waals surface area contributed by atoms with Gasteiger partial charge in [0.05, 0.1) is 0 Å². The lowest BCUT2D eigenvalue weighted by atomic mass is 10.2. The second kappa shape index (κ2) is 9.28. The van der Waals surface area contributed by atoms with Gasteiger partial charge in [-0.25, -0.2) is 9.78 Å². The zero-order valence-electron chi connectivity index (χ0n) is 10.8. The first-order valence-corrected chi connectivity index (χ1v) is 8.02. The highest BCUT2D eigenvalue weighted by Crippen LogP contribution is 2.40. The van der Waals surface area contributed by atoms with Gasteiger partial charge in [-0.05, 0) is 35.4 Å². The van der Waals surface area contributed by atoms with Gasteiger partial charge < -0.3 is 10.2 Å². The summed E-state index contributed by atoms with van der Waals surface area (Å²) in [7, 11) is 3.57. The smallest absolute Gasteiger partial charge is 0.450 e. The first kappa shape index (κ1) is 16.4. The molecule has 1 heterocycles. The van der Waals surface area contributed by atoms with Crippen LogP contribution in [-0.2, 0) is 0 Å². The van der Waals surface area contributed by atoms with E-state index in [1.54, 1.807) is 10.8 Å². The number of carboxylic acid groups (broad SMARTS) is 2. The van der Waals surface area contributed by atoms with Crippen molar-refractivity contribution in [1.82, 2.24) is 4.98 Å². The molecule has 1 aromatic carbocycles. The SMILES string of the molecule is CC(SSc1ccccn1)c1ccccc1.O=C(O)O. The van der Waals surface area contributed by atoms with Gasteiger partial charge in [0, 0.05) is 11.4 Å². The van der Waals surface area contributed by atoms with Crippen LogP contribution in [0, 0.1) is 0 Å². The van der Waals surface area contributed by atoms with Crippen molar-refractivity contribution in [3.63, 3.8) is 0 Å². The van der Waals surface area contributed by atoms with Gasteiger partial charge in [0.2, 0.25) is 0 Å². The molecule has 1 atom stereocenters. The van der Waals surface area contributed by atoms with E-state index in [9.17, 15) is 0 Å². The van der Waals surface area contributed by atoms with Crippen LogP contribution in [0.25, 0.3) is 0 Å². The minimum Gasteiger partial charge on any atom is -0.450 e. The normalized spacial score (nSPS) is 11.1. The van der Waals surface area contributed by atoms with Crippen molar-refractivity contribution in [1.29, 1.82) is 0 Å². The Bertz CT molecular complexity index is 504. The highest BCUT2D eigenvalue weighted by atomic mass is 33.1. The molecule has 0 aliphatic rings. The van der Waals surface area contributed by atoms with E-state index in [2.05, 4.69) is 36.2 Å². The second-order valence-electron chi connectivity index (χ2n) is 3.68. The van der Waals surface area contributed by atoms with E-state index >= 15 is 0 Å². The Hall–Kier alpha value is -1.66. The quantitative estimate of drug-likeness (QED) is 0.790. The summed E-state index contributed by atoms with van der Waals surface area (Å²) in [6.45, 7) is 2.22. The monoisotopic (exact) mass is 309 g/mol. The van der Waals surface area contributed by atoms with Gasteiger partial charge in [0.15, 0.2) is 0 Å². The number of hydrogen-bond acceptors (Lipinski definition) is 4. The maximum atomic E-state index is 8.56. The van der Waals surface area contributed by atoms with Crippen LogP contribution < -0.4 is 0 Å². The highest BCUT2D eigenvalue weighted by molar-refractivity contribution is 8.76. The topological polar surface area (TPSA) is 70.4 Å². The average molecular weight is 309 g/mol. The minimum absolute atomic E-state index is 0.480. The fourth-order valence-electron chi connectivity index (χ4n) is 1.30. The van der Waals surface area contributed by atoms with Crippen molar-refractivity contribution < 1.29 is 15.0 Å². The molecule has 0 saturated heterocycles. The molecule has 0 aliphatic heterocycles. The molecule has 1 aromatic heterocycles. The molecule has 4 nitrogen and oxygen atoms in total. The average Bonchev–Trinajstić information content (AvgIpc) is 2.46. The molecule has 2 N–H and O–H groups in total. The van der Waals surface area contributed by atoms with Crippen LogP contribution in [0.4, 0.5) is 4.79 Å². The van der Waals surface area contributed by atoms with Crippen LogP contribution >= 0.6 is 21.6 Å². The van der Waals surface area contributed by atoms with Crippen LogP contribution in [0.2, 0.25) is 0 Å². The number of nitrogens with zero attached hydrogens (tertiary/aromatic N) is 1. The summed E-state index contributed by atoms with van der Waals surface area (Å²) in [5.41, 5.74) is 1.36. The number of benzene rings is 1. The van der Waals surface area contributed by atoms with Crippen LogP contribution in [0.1, 0.15) is 17.7 Å².